The van der Waals surface area contributed by atoms with Crippen LogP contribution in [0.5, 0.6) is 0 Å². The highest BCUT2D eigenvalue weighted by Crippen LogP contribution is 2.24. The molecule has 0 aromatic rings. The van der Waals surface area contributed by atoms with Crippen LogP contribution in [0, 0.1) is 5.92 Å². The van der Waals surface area contributed by atoms with Crippen molar-refractivity contribution < 1.29 is 15.0 Å². The van der Waals surface area contributed by atoms with Crippen LogP contribution in [0.4, 0.5) is 0 Å². The van der Waals surface area contributed by atoms with Gasteiger partial charge in [-0.25, -0.2) is 0 Å². The number of aliphatic carboxylic acids is 1. The Balaban J connectivity index is 2.22. The standard InChI is InChI=1S/C9H17NO3/c1-6(9(12)13)10-5-7-3-2-4-8(7)11/h6-8,10-11H,2-5H2,1H3,(H,12,13). The average molecular weight is 187 g/mol. The molecule has 1 saturated carbocycles. The van der Waals surface area contributed by atoms with Crippen molar-refractivity contribution in [3.63, 3.8) is 0 Å². The molecule has 0 bridgehead atoms. The summed E-state index contributed by atoms with van der Waals surface area (Å²) in [5.41, 5.74) is 0. The van der Waals surface area contributed by atoms with E-state index in [4.69, 9.17) is 5.11 Å². The van der Waals surface area contributed by atoms with E-state index in [1.54, 1.807) is 6.92 Å². The number of hydrogen-bond donors (Lipinski definition) is 3. The van der Waals surface area contributed by atoms with Gasteiger partial charge in [0.25, 0.3) is 0 Å². The van der Waals surface area contributed by atoms with E-state index in [0.717, 1.165) is 19.3 Å². The Bertz CT molecular complexity index is 184. The fourth-order valence-corrected chi connectivity index (χ4v) is 1.67. The number of nitrogens with one attached hydrogen (secondary N) is 1. The van der Waals surface area contributed by atoms with E-state index in [9.17, 15) is 9.90 Å². The third-order valence-electron chi connectivity index (χ3n) is 2.68. The molecule has 13 heavy (non-hydrogen) atoms. The predicted octanol–water partition coefficient (Wildman–Crippen LogP) is 0.210. The van der Waals surface area contributed by atoms with Crippen LogP contribution in [0.25, 0.3) is 0 Å². The average Bonchev–Trinajstić information content (AvgIpc) is 2.47. The smallest absolute Gasteiger partial charge is 0.320 e. The quantitative estimate of drug-likeness (QED) is 0.588. The highest BCUT2D eigenvalue weighted by atomic mass is 16.4. The number of carboxylic acid groups (broad SMARTS) is 1. The third kappa shape index (κ3) is 2.97. The first-order valence-corrected chi connectivity index (χ1v) is 4.75. The third-order valence-corrected chi connectivity index (χ3v) is 2.68. The maximum atomic E-state index is 10.5. The van der Waals surface area contributed by atoms with E-state index < -0.39 is 12.0 Å². The van der Waals surface area contributed by atoms with E-state index in [2.05, 4.69) is 5.32 Å². The molecule has 0 amide bonds. The van der Waals surface area contributed by atoms with Gasteiger partial charge in [-0.3, -0.25) is 4.79 Å². The zero-order valence-corrected chi connectivity index (χ0v) is 7.86. The molecule has 0 aromatic heterocycles. The van der Waals surface area contributed by atoms with Gasteiger partial charge in [0.05, 0.1) is 6.10 Å². The Morgan fingerprint density at radius 1 is 1.62 bits per heavy atom. The second-order valence-electron chi connectivity index (χ2n) is 3.73. The molecule has 0 spiro atoms. The van der Waals surface area contributed by atoms with Gasteiger partial charge in [-0.15, -0.1) is 0 Å². The molecule has 3 atom stereocenters. The highest BCUT2D eigenvalue weighted by molar-refractivity contribution is 5.72. The van der Waals surface area contributed by atoms with Crippen LogP contribution in [0.15, 0.2) is 0 Å². The lowest BCUT2D eigenvalue weighted by Gasteiger charge is -2.16. The topological polar surface area (TPSA) is 69.6 Å². The fraction of sp³-hybridized carbons (Fsp3) is 0.889. The summed E-state index contributed by atoms with van der Waals surface area (Å²) in [5.74, 6) is -0.603. The summed E-state index contributed by atoms with van der Waals surface area (Å²) in [6.07, 6.45) is 2.66. The zero-order chi connectivity index (χ0) is 9.84. The van der Waals surface area contributed by atoms with Crippen molar-refractivity contribution in [2.75, 3.05) is 6.54 Å². The largest absolute Gasteiger partial charge is 0.480 e. The van der Waals surface area contributed by atoms with Gasteiger partial charge in [-0.05, 0) is 25.7 Å². The van der Waals surface area contributed by atoms with E-state index in [-0.39, 0.29) is 12.0 Å². The lowest BCUT2D eigenvalue weighted by molar-refractivity contribution is -0.139. The molecule has 0 aromatic carbocycles. The van der Waals surface area contributed by atoms with E-state index in [1.807, 2.05) is 0 Å². The van der Waals surface area contributed by atoms with Gasteiger partial charge in [0, 0.05) is 6.54 Å². The van der Waals surface area contributed by atoms with Crippen LogP contribution >= 0.6 is 0 Å². The number of rotatable bonds is 4. The maximum absolute atomic E-state index is 10.5. The van der Waals surface area contributed by atoms with E-state index in [1.165, 1.54) is 0 Å². The van der Waals surface area contributed by atoms with Crippen LogP contribution in [-0.2, 0) is 4.79 Å². The van der Waals surface area contributed by atoms with Crippen LogP contribution < -0.4 is 5.32 Å². The Hall–Kier alpha value is -0.610. The molecular weight excluding hydrogens is 170 g/mol. The van der Waals surface area contributed by atoms with Crippen molar-refractivity contribution in [2.24, 2.45) is 5.92 Å². The van der Waals surface area contributed by atoms with Crippen LogP contribution in [0.3, 0.4) is 0 Å². The van der Waals surface area contributed by atoms with Gasteiger partial charge >= 0.3 is 5.97 Å². The summed E-state index contributed by atoms with van der Waals surface area (Å²) >= 11 is 0. The van der Waals surface area contributed by atoms with Crippen molar-refractivity contribution in [1.29, 1.82) is 0 Å². The van der Waals surface area contributed by atoms with E-state index in [0.29, 0.717) is 6.54 Å². The molecule has 3 N–H and O–H groups in total. The minimum atomic E-state index is -0.840. The number of aliphatic hydroxyl groups is 1. The molecular formula is C9H17NO3. The van der Waals surface area contributed by atoms with E-state index >= 15 is 0 Å². The van der Waals surface area contributed by atoms with Gasteiger partial charge in [0.1, 0.15) is 6.04 Å². The molecule has 1 rings (SSSR count). The molecule has 4 heteroatoms. The van der Waals surface area contributed by atoms with Crippen LogP contribution in [0.1, 0.15) is 26.2 Å². The zero-order valence-electron chi connectivity index (χ0n) is 7.86. The fourth-order valence-electron chi connectivity index (χ4n) is 1.67. The second kappa shape index (κ2) is 4.58. The minimum Gasteiger partial charge on any atom is -0.480 e. The summed E-state index contributed by atoms with van der Waals surface area (Å²) < 4.78 is 0. The highest BCUT2D eigenvalue weighted by Gasteiger charge is 2.25. The second-order valence-corrected chi connectivity index (χ2v) is 3.73. The number of carboxylic acids is 1. The molecule has 1 aliphatic rings. The molecule has 3 unspecified atom stereocenters. The number of aliphatic hydroxyl groups excluding tert-OH is 1. The van der Waals surface area contributed by atoms with Crippen LogP contribution in [-0.4, -0.2) is 34.9 Å². The molecule has 0 heterocycles. The normalized spacial score (nSPS) is 30.3. The minimum absolute atomic E-state index is 0.238. The Labute approximate surface area is 78.0 Å². The van der Waals surface area contributed by atoms with Gasteiger partial charge in [-0.2, -0.15) is 0 Å². The van der Waals surface area contributed by atoms with Gasteiger partial charge in [0.15, 0.2) is 0 Å². The Morgan fingerprint density at radius 3 is 2.77 bits per heavy atom. The summed E-state index contributed by atoms with van der Waals surface area (Å²) in [5, 5.41) is 20.9. The molecule has 0 aliphatic heterocycles. The first-order chi connectivity index (χ1) is 6.11. The van der Waals surface area contributed by atoms with Crippen molar-refractivity contribution in [2.45, 2.75) is 38.3 Å². The van der Waals surface area contributed by atoms with Crippen LogP contribution in [0.2, 0.25) is 0 Å². The molecule has 1 fully saturated rings. The van der Waals surface area contributed by atoms with Gasteiger partial charge in [-0.1, -0.05) is 6.42 Å². The summed E-state index contributed by atoms with van der Waals surface area (Å²) in [6.45, 7) is 2.22. The lowest BCUT2D eigenvalue weighted by atomic mass is 10.1. The van der Waals surface area contributed by atoms with Crippen molar-refractivity contribution >= 4 is 5.97 Å². The molecule has 4 nitrogen and oxygen atoms in total. The van der Waals surface area contributed by atoms with Gasteiger partial charge in [0.2, 0.25) is 0 Å². The molecule has 0 saturated heterocycles. The lowest BCUT2D eigenvalue weighted by Crippen LogP contribution is -2.38. The first-order valence-electron chi connectivity index (χ1n) is 4.75. The molecule has 0 radical (unpaired) electrons. The first kappa shape index (κ1) is 10.5. The number of hydrogen-bond acceptors (Lipinski definition) is 3. The predicted molar refractivity (Wildman–Crippen MR) is 48.4 cm³/mol. The Kier molecular flexibility index (Phi) is 3.69. The monoisotopic (exact) mass is 187 g/mol. The Morgan fingerprint density at radius 2 is 2.31 bits per heavy atom. The van der Waals surface area contributed by atoms with Gasteiger partial charge < -0.3 is 15.5 Å². The summed E-state index contributed by atoms with van der Waals surface area (Å²) in [7, 11) is 0. The summed E-state index contributed by atoms with van der Waals surface area (Å²) in [4.78, 5) is 10.5. The van der Waals surface area contributed by atoms with Crippen molar-refractivity contribution in [3.05, 3.63) is 0 Å². The molecule has 1 aliphatic carbocycles. The summed E-state index contributed by atoms with van der Waals surface area (Å²) in [6, 6.07) is -0.521. The van der Waals surface area contributed by atoms with Crippen molar-refractivity contribution in [1.82, 2.24) is 5.32 Å². The maximum Gasteiger partial charge on any atom is 0.320 e. The van der Waals surface area contributed by atoms with Crippen molar-refractivity contribution in [3.8, 4) is 0 Å². The SMILES string of the molecule is CC(NCC1CCCC1O)C(=O)O. The number of carbonyl (C=O) groups is 1. The molecule has 76 valence electrons.